The van der Waals surface area contributed by atoms with Crippen LogP contribution in [-0.2, 0) is 44.7 Å². The van der Waals surface area contributed by atoms with Crippen LogP contribution in [0.2, 0.25) is 5.02 Å². The molecule has 20 heteroatoms. The number of thiophene rings is 1. The maximum absolute atomic E-state index is 14.5. The van der Waals surface area contributed by atoms with Gasteiger partial charge in [0, 0.05) is 65.5 Å². The number of nitrogens with zero attached hydrogens (tertiary/aromatic N) is 5. The van der Waals surface area contributed by atoms with Gasteiger partial charge < -0.3 is 36.2 Å². The van der Waals surface area contributed by atoms with Gasteiger partial charge in [-0.05, 0) is 79.3 Å². The summed E-state index contributed by atoms with van der Waals surface area (Å²) < 4.78 is 7.58. The van der Waals surface area contributed by atoms with E-state index in [0.29, 0.717) is 28.8 Å². The van der Waals surface area contributed by atoms with Gasteiger partial charge in [0.1, 0.15) is 47.4 Å². The van der Waals surface area contributed by atoms with Gasteiger partial charge >= 0.3 is 0 Å². The summed E-state index contributed by atoms with van der Waals surface area (Å²) in [6, 6.07) is 20.3. The highest BCUT2D eigenvalue weighted by atomic mass is 35.5. The molecule has 3 aliphatic rings. The highest BCUT2D eigenvalue weighted by molar-refractivity contribution is 7.15. The van der Waals surface area contributed by atoms with Gasteiger partial charge in [-0.15, -0.1) is 21.5 Å². The highest BCUT2D eigenvalue weighted by Crippen LogP contribution is 2.40. The normalized spacial score (nSPS) is 23.2. The van der Waals surface area contributed by atoms with Crippen molar-refractivity contribution in [3.63, 3.8) is 0 Å². The Morgan fingerprint density at radius 1 is 0.833 bits per heavy atom. The van der Waals surface area contributed by atoms with Gasteiger partial charge in [-0.25, -0.2) is 0 Å². The number of hydrogen-bond acceptors (Lipinski definition) is 12. The number of rotatable bonds is 8. The first-order valence-corrected chi connectivity index (χ1v) is 27.7. The number of ether oxygens (including phenoxy) is 1. The number of carbonyl (C=O) groups is 7. The fourth-order valence-electron chi connectivity index (χ4n) is 10.2. The van der Waals surface area contributed by atoms with Crippen molar-refractivity contribution in [3.05, 3.63) is 123 Å². The second-order valence-corrected chi connectivity index (χ2v) is 23.5. The predicted octanol–water partition coefficient (Wildman–Crippen LogP) is 6.08. The van der Waals surface area contributed by atoms with Crippen LogP contribution in [0, 0.1) is 38.0 Å². The zero-order chi connectivity index (χ0) is 56.0. The van der Waals surface area contributed by atoms with Crippen LogP contribution in [0.3, 0.4) is 0 Å². The van der Waals surface area contributed by atoms with Gasteiger partial charge in [0.25, 0.3) is 0 Å². The molecule has 0 unspecified atom stereocenters. The second-order valence-electron chi connectivity index (χ2n) is 21.9. The molecule has 0 saturated carbocycles. The molecule has 0 aliphatic carbocycles. The molecule has 2 aromatic heterocycles. The topological polar surface area (TPSA) is 235 Å². The highest BCUT2D eigenvalue weighted by Gasteiger charge is 2.44. The molecule has 5 heterocycles. The van der Waals surface area contributed by atoms with Gasteiger partial charge in [-0.3, -0.25) is 43.1 Å². The third-order valence-corrected chi connectivity index (χ3v) is 16.0. The van der Waals surface area contributed by atoms with E-state index in [1.54, 1.807) is 30.4 Å². The van der Waals surface area contributed by atoms with Crippen LogP contribution < -0.4 is 26.6 Å². The van der Waals surface area contributed by atoms with E-state index < -0.39 is 83.6 Å². The Morgan fingerprint density at radius 3 is 2.23 bits per heavy atom. The Balaban J connectivity index is 1.02. The molecule has 2 saturated heterocycles. The van der Waals surface area contributed by atoms with Crippen molar-refractivity contribution < 1.29 is 38.3 Å². The van der Waals surface area contributed by atoms with E-state index in [2.05, 4.69) is 36.8 Å². The molecule has 18 nitrogen and oxygen atoms in total. The lowest BCUT2D eigenvalue weighted by Gasteiger charge is -2.35. The molecule has 2 fully saturated rings. The van der Waals surface area contributed by atoms with Gasteiger partial charge in [-0.1, -0.05) is 113 Å². The molecule has 3 aromatic carbocycles. The molecule has 6 amide bonds. The fourth-order valence-corrected chi connectivity index (χ4v) is 11.6. The van der Waals surface area contributed by atoms with Crippen LogP contribution in [0.4, 0.5) is 0 Å². The molecule has 412 valence electrons. The summed E-state index contributed by atoms with van der Waals surface area (Å²) in [7, 11) is 0. The van der Waals surface area contributed by atoms with Gasteiger partial charge in [0.2, 0.25) is 35.4 Å². The summed E-state index contributed by atoms with van der Waals surface area (Å²) in [5.41, 5.74) is 5.50. The number of nitrogens with one attached hydrogen (secondary N) is 5. The van der Waals surface area contributed by atoms with Crippen molar-refractivity contribution in [2.24, 2.45) is 22.2 Å². The first kappa shape index (κ1) is 57.1. The third kappa shape index (κ3) is 13.6. The lowest BCUT2D eigenvalue weighted by molar-refractivity contribution is -0.144. The van der Waals surface area contributed by atoms with E-state index in [1.165, 1.54) is 4.90 Å². The van der Waals surface area contributed by atoms with Crippen molar-refractivity contribution >= 4 is 69.9 Å². The van der Waals surface area contributed by atoms with E-state index in [0.717, 1.165) is 43.3 Å². The van der Waals surface area contributed by atoms with Crippen LogP contribution in [0.25, 0.3) is 16.1 Å². The number of aliphatic imine (C=N–C) groups is 1. The number of Topliss-reactive ketones (excluding diaryl/α,β-unsaturated/α-hetero) is 1. The molecule has 0 spiro atoms. The summed E-state index contributed by atoms with van der Waals surface area (Å²) in [5, 5.41) is 24.6. The van der Waals surface area contributed by atoms with E-state index >= 15 is 0 Å². The summed E-state index contributed by atoms with van der Waals surface area (Å²) >= 11 is 7.88. The van der Waals surface area contributed by atoms with Crippen molar-refractivity contribution in [1.29, 1.82) is 0 Å². The fraction of sp³-hybridized carbons (Fsp3) is 0.448. The molecule has 5 aromatic rings. The number of carbonyl (C=O) groups excluding carboxylic acids is 7. The maximum Gasteiger partial charge on any atom is 0.246 e. The number of fused-ring (bicyclic) bond motifs is 4. The number of aromatic nitrogens is 3. The van der Waals surface area contributed by atoms with E-state index in [1.807, 2.05) is 120 Å². The molecule has 0 radical (unpaired) electrons. The molecule has 5 N–H and O–H groups in total. The molecule has 8 rings (SSSR count). The molecular formula is C58H69ClN10O8S. The second kappa shape index (κ2) is 24.7. The number of halogens is 1. The first-order chi connectivity index (χ1) is 37.1. The Bertz CT molecular complexity index is 3080. The molecule has 0 bridgehead atoms. The minimum Gasteiger partial charge on any atom is -0.370 e. The van der Waals surface area contributed by atoms with Crippen LogP contribution in [-0.4, -0.2) is 124 Å². The Kier molecular flexibility index (Phi) is 18.1. The van der Waals surface area contributed by atoms with Crippen LogP contribution in [0.15, 0.2) is 83.9 Å². The summed E-state index contributed by atoms with van der Waals surface area (Å²) in [5.74, 6) is -3.39. The minimum atomic E-state index is -1.31. The number of aryl methyl sites for hydroxylation is 2. The van der Waals surface area contributed by atoms with Crippen LogP contribution in [0.1, 0.15) is 105 Å². The zero-order valence-corrected chi connectivity index (χ0v) is 47.0. The van der Waals surface area contributed by atoms with Gasteiger partial charge in [-0.2, -0.15) is 0 Å². The van der Waals surface area contributed by atoms with E-state index in [4.69, 9.17) is 21.3 Å². The number of ketones is 1. The van der Waals surface area contributed by atoms with Crippen molar-refractivity contribution in [2.75, 3.05) is 32.8 Å². The Hall–Kier alpha value is -7.09. The monoisotopic (exact) mass is 1100 g/mol. The smallest absolute Gasteiger partial charge is 0.246 e. The van der Waals surface area contributed by atoms with Crippen LogP contribution in [0.5, 0.6) is 0 Å². The number of amides is 6. The summed E-state index contributed by atoms with van der Waals surface area (Å²) in [6.07, 6.45) is 0.0921. The SMILES string of the molecule is Cc1sc2c(c1C)C(c1ccc(Cl)cc1)=N[C@@H](CC(=O)NC[C@H]1NC(=O)[C@@H](C)CC(=O)C[C@@H](Cc3ccc(-c4ccccc4)cc3)NC(=O)[C@@H]3C[C@@H](C)CN3C(=O)[C@H](C(C)(C)C)NC(=O)COCCNC1=O)c1nnc(C)n1-2. The largest absolute Gasteiger partial charge is 0.370 e. The van der Waals surface area contributed by atoms with Gasteiger partial charge in [0.05, 0.1) is 18.7 Å². The lowest BCUT2D eigenvalue weighted by Crippen LogP contribution is -2.58. The lowest BCUT2D eigenvalue weighted by atomic mass is 9.85. The number of hydrogen-bond donors (Lipinski definition) is 5. The molecule has 7 atom stereocenters. The third-order valence-electron chi connectivity index (χ3n) is 14.5. The van der Waals surface area contributed by atoms with E-state index in [-0.39, 0.29) is 63.6 Å². The minimum absolute atomic E-state index is 0.0305. The standard InChI is InChI=1S/C58H69ClN10O8S/c1-32-24-46-55(75)62-42(26-37-14-16-39(17-15-37)38-12-10-9-11-13-38)27-43(70)25-33(2)53(73)64-45(54(74)60-22-23-77-31-48(72)65-51(58(6,7)8)56(76)68(46)30-32)29-61-47(71)28-44-52-67-66-36(5)69(52)57-49(34(3)35(4)78-57)50(63-44)40-18-20-41(59)21-19-40/h9-21,32-33,42,44-46,51H,22-31H2,1-8H3,(H,60,74)(H,61,71)(H,62,75)(H,64,73)(H,65,72)/t32-,33+,42-,44+,45-,46+,51-/m1/s1. The van der Waals surface area contributed by atoms with Crippen LogP contribution >= 0.6 is 22.9 Å². The Morgan fingerprint density at radius 2 is 1.53 bits per heavy atom. The van der Waals surface area contributed by atoms with Crippen molar-refractivity contribution in [2.45, 2.75) is 118 Å². The van der Waals surface area contributed by atoms with Gasteiger partial charge in [0.15, 0.2) is 5.82 Å². The molecule has 78 heavy (non-hydrogen) atoms. The molecule has 3 aliphatic heterocycles. The average molecular weight is 1100 g/mol. The van der Waals surface area contributed by atoms with Crippen molar-refractivity contribution in [1.82, 2.24) is 46.2 Å². The number of benzene rings is 3. The Labute approximate surface area is 463 Å². The summed E-state index contributed by atoms with van der Waals surface area (Å²) in [6.45, 7) is 14.2. The average Bonchev–Trinajstić information content (AvgIpc) is 4.08. The molecular weight excluding hydrogens is 1030 g/mol. The zero-order valence-electron chi connectivity index (χ0n) is 45.4. The summed E-state index contributed by atoms with van der Waals surface area (Å²) in [4.78, 5) is 106. The first-order valence-electron chi connectivity index (χ1n) is 26.5. The quantitative estimate of drug-likeness (QED) is 0.120. The van der Waals surface area contributed by atoms with E-state index in [9.17, 15) is 33.6 Å². The maximum atomic E-state index is 14.5. The van der Waals surface area contributed by atoms with Crippen molar-refractivity contribution in [3.8, 4) is 16.1 Å². The predicted molar refractivity (Wildman–Crippen MR) is 298 cm³/mol.